The number of carboxylic acid groups (broad SMARTS) is 1. The number of rotatable bonds is 5. The van der Waals surface area contributed by atoms with Crippen LogP contribution in [0.15, 0.2) is 18.3 Å². The lowest BCUT2D eigenvalue weighted by molar-refractivity contribution is -0.137. The summed E-state index contributed by atoms with van der Waals surface area (Å²) < 4.78 is 0. The van der Waals surface area contributed by atoms with Gasteiger partial charge in [0.25, 0.3) is 5.91 Å². The average molecular weight is 293 g/mol. The van der Waals surface area contributed by atoms with Crippen LogP contribution in [-0.4, -0.2) is 47.0 Å². The standard InChI is InChI=1S/C15H23N3O3/c1-15(2,3)11(8-13(19)20)17-12-7-6-10(9-16-12)14(21)18(4)5/h6-7,9,11H,8H2,1-5H3,(H,16,17)(H,19,20). The van der Waals surface area contributed by atoms with Crippen molar-refractivity contribution in [3.8, 4) is 0 Å². The second-order valence-electron chi connectivity index (χ2n) is 6.29. The number of carbonyl (C=O) groups is 2. The van der Waals surface area contributed by atoms with Crippen molar-refractivity contribution >= 4 is 17.7 Å². The van der Waals surface area contributed by atoms with Gasteiger partial charge >= 0.3 is 5.97 Å². The molecule has 0 aliphatic carbocycles. The first-order valence-electron chi connectivity index (χ1n) is 6.77. The first-order valence-corrected chi connectivity index (χ1v) is 6.77. The third-order valence-corrected chi connectivity index (χ3v) is 3.16. The predicted molar refractivity (Wildman–Crippen MR) is 81.4 cm³/mol. The summed E-state index contributed by atoms with van der Waals surface area (Å²) in [6, 6.07) is 3.12. The second kappa shape index (κ2) is 6.56. The van der Waals surface area contributed by atoms with Crippen molar-refractivity contribution in [2.45, 2.75) is 33.2 Å². The van der Waals surface area contributed by atoms with Gasteiger partial charge in [0, 0.05) is 26.3 Å². The van der Waals surface area contributed by atoms with Crippen LogP contribution >= 0.6 is 0 Å². The van der Waals surface area contributed by atoms with Crippen LogP contribution in [0.3, 0.4) is 0 Å². The van der Waals surface area contributed by atoms with E-state index in [0.717, 1.165) is 0 Å². The van der Waals surface area contributed by atoms with Gasteiger partial charge in [0.1, 0.15) is 5.82 Å². The molecule has 1 heterocycles. The van der Waals surface area contributed by atoms with Crippen LogP contribution in [0.5, 0.6) is 0 Å². The van der Waals surface area contributed by atoms with Gasteiger partial charge in [0.05, 0.1) is 12.0 Å². The zero-order chi connectivity index (χ0) is 16.2. The molecule has 0 fully saturated rings. The number of anilines is 1. The molecule has 6 heteroatoms. The summed E-state index contributed by atoms with van der Waals surface area (Å²) in [6.45, 7) is 5.91. The molecule has 0 saturated carbocycles. The lowest BCUT2D eigenvalue weighted by atomic mass is 9.85. The number of hydrogen-bond donors (Lipinski definition) is 2. The van der Waals surface area contributed by atoms with Crippen molar-refractivity contribution in [3.05, 3.63) is 23.9 Å². The minimum atomic E-state index is -0.859. The molecule has 1 aromatic rings. The molecule has 116 valence electrons. The number of nitrogens with one attached hydrogen (secondary N) is 1. The number of aromatic nitrogens is 1. The average Bonchev–Trinajstić information content (AvgIpc) is 2.36. The molecule has 1 rings (SSSR count). The molecule has 6 nitrogen and oxygen atoms in total. The number of amides is 1. The maximum Gasteiger partial charge on any atom is 0.305 e. The fourth-order valence-electron chi connectivity index (χ4n) is 1.79. The highest BCUT2D eigenvalue weighted by molar-refractivity contribution is 5.93. The molecule has 21 heavy (non-hydrogen) atoms. The number of carboxylic acids is 1. The van der Waals surface area contributed by atoms with E-state index >= 15 is 0 Å². The monoisotopic (exact) mass is 293 g/mol. The lowest BCUT2D eigenvalue weighted by Crippen LogP contribution is -2.36. The van der Waals surface area contributed by atoms with E-state index in [-0.39, 0.29) is 23.8 Å². The number of hydrogen-bond acceptors (Lipinski definition) is 4. The van der Waals surface area contributed by atoms with Gasteiger partial charge in [-0.05, 0) is 17.5 Å². The van der Waals surface area contributed by atoms with E-state index in [9.17, 15) is 9.59 Å². The van der Waals surface area contributed by atoms with Crippen molar-refractivity contribution in [1.82, 2.24) is 9.88 Å². The number of carbonyl (C=O) groups excluding carboxylic acids is 1. The van der Waals surface area contributed by atoms with Crippen LogP contribution < -0.4 is 5.32 Å². The molecule has 1 atom stereocenters. The number of pyridine rings is 1. The summed E-state index contributed by atoms with van der Waals surface area (Å²) in [7, 11) is 3.36. The van der Waals surface area contributed by atoms with E-state index in [1.165, 1.54) is 11.1 Å². The van der Waals surface area contributed by atoms with Gasteiger partial charge in [-0.15, -0.1) is 0 Å². The highest BCUT2D eigenvalue weighted by Crippen LogP contribution is 2.25. The normalized spacial score (nSPS) is 12.6. The van der Waals surface area contributed by atoms with Crippen LogP contribution in [0, 0.1) is 5.41 Å². The summed E-state index contributed by atoms with van der Waals surface area (Å²) in [4.78, 5) is 28.4. The molecular formula is C15H23N3O3. The molecule has 1 amide bonds. The highest BCUT2D eigenvalue weighted by atomic mass is 16.4. The molecule has 0 aliphatic rings. The van der Waals surface area contributed by atoms with Crippen LogP contribution in [0.25, 0.3) is 0 Å². The van der Waals surface area contributed by atoms with Gasteiger partial charge in [-0.3, -0.25) is 9.59 Å². The van der Waals surface area contributed by atoms with Gasteiger partial charge in [0.2, 0.25) is 0 Å². The summed E-state index contributed by atoms with van der Waals surface area (Å²) in [6.07, 6.45) is 1.49. The first kappa shape index (κ1) is 16.9. The van der Waals surface area contributed by atoms with Crippen molar-refractivity contribution in [1.29, 1.82) is 0 Å². The maximum absolute atomic E-state index is 11.8. The fraction of sp³-hybridized carbons (Fsp3) is 0.533. The Morgan fingerprint density at radius 2 is 1.95 bits per heavy atom. The topological polar surface area (TPSA) is 82.5 Å². The molecule has 0 saturated heterocycles. The smallest absolute Gasteiger partial charge is 0.305 e. The van der Waals surface area contributed by atoms with E-state index in [4.69, 9.17) is 5.11 Å². The van der Waals surface area contributed by atoms with E-state index in [1.54, 1.807) is 26.2 Å². The Balaban J connectivity index is 2.86. The van der Waals surface area contributed by atoms with Gasteiger partial charge in [0.15, 0.2) is 0 Å². The van der Waals surface area contributed by atoms with E-state index < -0.39 is 5.97 Å². The van der Waals surface area contributed by atoms with Crippen LogP contribution in [0.4, 0.5) is 5.82 Å². The molecule has 0 aromatic carbocycles. The van der Waals surface area contributed by atoms with Crippen LogP contribution in [0.1, 0.15) is 37.6 Å². The molecule has 0 bridgehead atoms. The molecule has 0 spiro atoms. The summed E-state index contributed by atoms with van der Waals surface area (Å²) in [5.74, 6) is -0.416. The van der Waals surface area contributed by atoms with E-state index in [0.29, 0.717) is 11.4 Å². The largest absolute Gasteiger partial charge is 0.481 e. The van der Waals surface area contributed by atoms with Crippen molar-refractivity contribution in [2.75, 3.05) is 19.4 Å². The first-order chi connectivity index (χ1) is 9.61. The summed E-state index contributed by atoms with van der Waals surface area (Å²) >= 11 is 0. The third-order valence-electron chi connectivity index (χ3n) is 3.16. The van der Waals surface area contributed by atoms with Crippen LogP contribution in [0.2, 0.25) is 0 Å². The molecular weight excluding hydrogens is 270 g/mol. The Bertz CT molecular complexity index is 504. The van der Waals surface area contributed by atoms with Gasteiger partial charge in [-0.2, -0.15) is 0 Å². The highest BCUT2D eigenvalue weighted by Gasteiger charge is 2.27. The number of nitrogens with zero attached hydrogens (tertiary/aromatic N) is 2. The molecule has 1 aromatic heterocycles. The Labute approximate surface area is 125 Å². The number of aliphatic carboxylic acids is 1. The van der Waals surface area contributed by atoms with E-state index in [2.05, 4.69) is 10.3 Å². The quantitative estimate of drug-likeness (QED) is 0.868. The Morgan fingerprint density at radius 3 is 2.33 bits per heavy atom. The molecule has 0 radical (unpaired) electrons. The summed E-state index contributed by atoms with van der Waals surface area (Å²) in [5, 5.41) is 12.1. The maximum atomic E-state index is 11.8. The zero-order valence-corrected chi connectivity index (χ0v) is 13.2. The molecule has 0 aliphatic heterocycles. The van der Waals surface area contributed by atoms with Crippen molar-refractivity contribution in [3.63, 3.8) is 0 Å². The fourth-order valence-corrected chi connectivity index (χ4v) is 1.79. The Kier molecular flexibility index (Phi) is 5.29. The van der Waals surface area contributed by atoms with Crippen LogP contribution in [-0.2, 0) is 4.79 Å². The van der Waals surface area contributed by atoms with Crippen molar-refractivity contribution in [2.24, 2.45) is 5.41 Å². The summed E-state index contributed by atoms with van der Waals surface area (Å²) in [5.41, 5.74) is 0.272. The predicted octanol–water partition coefficient (Wildman–Crippen LogP) is 2.08. The minimum absolute atomic E-state index is 0.00353. The van der Waals surface area contributed by atoms with E-state index in [1.807, 2.05) is 20.8 Å². The Morgan fingerprint density at radius 1 is 1.33 bits per heavy atom. The zero-order valence-electron chi connectivity index (χ0n) is 13.2. The molecule has 1 unspecified atom stereocenters. The van der Waals surface area contributed by atoms with Gasteiger partial charge < -0.3 is 15.3 Å². The van der Waals surface area contributed by atoms with Crippen molar-refractivity contribution < 1.29 is 14.7 Å². The Hall–Kier alpha value is -2.11. The minimum Gasteiger partial charge on any atom is -0.481 e. The van der Waals surface area contributed by atoms with Gasteiger partial charge in [-0.1, -0.05) is 20.8 Å². The van der Waals surface area contributed by atoms with Gasteiger partial charge in [-0.25, -0.2) is 4.98 Å². The third kappa shape index (κ3) is 5.06. The molecule has 2 N–H and O–H groups in total. The second-order valence-corrected chi connectivity index (χ2v) is 6.29. The lowest BCUT2D eigenvalue weighted by Gasteiger charge is -2.30. The SMILES string of the molecule is CN(C)C(=O)c1ccc(NC(CC(=O)O)C(C)(C)C)nc1.